The molecule has 3 rings (SSSR count). The lowest BCUT2D eigenvalue weighted by Crippen LogP contribution is -2.51. The molecule has 0 atom stereocenters. The van der Waals surface area contributed by atoms with Crippen molar-refractivity contribution in [3.8, 4) is 11.5 Å². The maximum Gasteiger partial charge on any atom is 0.409 e. The predicted molar refractivity (Wildman–Crippen MR) is 119 cm³/mol. The van der Waals surface area contributed by atoms with Crippen molar-refractivity contribution in [2.24, 2.45) is 0 Å². The van der Waals surface area contributed by atoms with E-state index in [1.165, 1.54) is 0 Å². The zero-order valence-electron chi connectivity index (χ0n) is 18.6. The smallest absolute Gasteiger partial charge is 0.409 e. The van der Waals surface area contributed by atoms with E-state index >= 15 is 0 Å². The Morgan fingerprint density at radius 1 is 0.758 bits per heavy atom. The zero-order valence-corrected chi connectivity index (χ0v) is 18.6. The summed E-state index contributed by atoms with van der Waals surface area (Å²) in [6, 6.07) is 16.7. The molecule has 0 spiro atoms. The fraction of sp³-hybridized carbons (Fsp3) is 0.375. The van der Waals surface area contributed by atoms with Gasteiger partial charge in [0.1, 0.15) is 18.1 Å². The number of rotatable bonds is 9. The van der Waals surface area contributed by atoms with Gasteiger partial charge in [-0.25, -0.2) is 9.59 Å². The minimum absolute atomic E-state index is 0.308. The third-order valence-corrected chi connectivity index (χ3v) is 4.94. The number of esters is 1. The third-order valence-electron chi connectivity index (χ3n) is 4.94. The summed E-state index contributed by atoms with van der Waals surface area (Å²) in [6.07, 6.45) is -0.385. The van der Waals surface area contributed by atoms with E-state index in [9.17, 15) is 14.4 Å². The van der Waals surface area contributed by atoms with Gasteiger partial charge >= 0.3 is 12.1 Å². The molecule has 176 valence electrons. The lowest BCUT2D eigenvalue weighted by atomic mass is 10.2. The quantitative estimate of drug-likeness (QED) is 0.535. The Hall–Kier alpha value is -3.75. The van der Waals surface area contributed by atoms with Crippen LogP contribution < -0.4 is 9.47 Å². The highest BCUT2D eigenvalue weighted by atomic mass is 16.6. The van der Waals surface area contributed by atoms with E-state index in [0.29, 0.717) is 50.9 Å². The van der Waals surface area contributed by atoms with Gasteiger partial charge in [0.05, 0.1) is 6.61 Å². The molecule has 0 unspecified atom stereocenters. The number of ether oxygens (including phenoxy) is 4. The van der Waals surface area contributed by atoms with Crippen LogP contribution in [0.4, 0.5) is 4.79 Å². The van der Waals surface area contributed by atoms with E-state index in [1.54, 1.807) is 41.0 Å². The number of amides is 2. The molecule has 9 heteroatoms. The first-order valence-corrected chi connectivity index (χ1v) is 10.8. The molecule has 1 heterocycles. The van der Waals surface area contributed by atoms with Crippen molar-refractivity contribution in [3.05, 3.63) is 60.2 Å². The van der Waals surface area contributed by atoms with Crippen molar-refractivity contribution in [2.45, 2.75) is 13.5 Å². The van der Waals surface area contributed by atoms with Gasteiger partial charge in [0.25, 0.3) is 5.91 Å². The standard InChI is InChI=1S/C24H28N2O7/c1-2-30-24(29)26-14-12-25(13-15-26)22(27)17-33-23(28)18-32-21-10-8-20(9-11-21)31-16-19-6-4-3-5-7-19/h3-11H,2,12-18H2,1H3. The second-order valence-corrected chi connectivity index (χ2v) is 7.26. The maximum absolute atomic E-state index is 12.2. The average Bonchev–Trinajstić information content (AvgIpc) is 2.86. The van der Waals surface area contributed by atoms with Crippen molar-refractivity contribution >= 4 is 18.0 Å². The average molecular weight is 456 g/mol. The number of nitrogens with zero attached hydrogens (tertiary/aromatic N) is 2. The van der Waals surface area contributed by atoms with Gasteiger partial charge < -0.3 is 28.7 Å². The van der Waals surface area contributed by atoms with Crippen molar-refractivity contribution in [2.75, 3.05) is 46.0 Å². The molecule has 2 aromatic rings. The van der Waals surface area contributed by atoms with Crippen molar-refractivity contribution < 1.29 is 33.3 Å². The Morgan fingerprint density at radius 2 is 1.36 bits per heavy atom. The molecule has 0 radical (unpaired) electrons. The molecular weight excluding hydrogens is 428 g/mol. The Kier molecular flexibility index (Phi) is 8.93. The van der Waals surface area contributed by atoms with Gasteiger partial charge in [-0.2, -0.15) is 0 Å². The van der Waals surface area contributed by atoms with Gasteiger partial charge in [0, 0.05) is 26.2 Å². The number of carbonyl (C=O) groups is 3. The molecule has 0 bridgehead atoms. The number of piperazine rings is 1. The van der Waals surface area contributed by atoms with Gasteiger partial charge in [-0.3, -0.25) is 4.79 Å². The first-order chi connectivity index (χ1) is 16.0. The fourth-order valence-electron chi connectivity index (χ4n) is 3.14. The molecule has 2 aromatic carbocycles. The summed E-state index contributed by atoms with van der Waals surface area (Å²) in [4.78, 5) is 39.0. The summed E-state index contributed by atoms with van der Waals surface area (Å²) in [6.45, 7) is 3.32. The minimum Gasteiger partial charge on any atom is -0.489 e. The monoisotopic (exact) mass is 456 g/mol. The Balaban J connectivity index is 1.32. The third kappa shape index (κ3) is 7.71. The van der Waals surface area contributed by atoms with Crippen LogP contribution in [-0.4, -0.2) is 73.8 Å². The summed E-state index contributed by atoms with van der Waals surface area (Å²) in [5.41, 5.74) is 1.07. The normalized spacial score (nSPS) is 13.2. The number of carbonyl (C=O) groups excluding carboxylic acids is 3. The van der Waals surface area contributed by atoms with Crippen LogP contribution in [0, 0.1) is 0 Å². The fourth-order valence-corrected chi connectivity index (χ4v) is 3.14. The van der Waals surface area contributed by atoms with Crippen LogP contribution in [-0.2, 0) is 25.7 Å². The molecule has 1 fully saturated rings. The van der Waals surface area contributed by atoms with E-state index in [-0.39, 0.29) is 25.2 Å². The molecule has 1 saturated heterocycles. The van der Waals surface area contributed by atoms with E-state index in [1.807, 2.05) is 30.3 Å². The zero-order chi connectivity index (χ0) is 23.5. The highest BCUT2D eigenvalue weighted by molar-refractivity contribution is 5.81. The highest BCUT2D eigenvalue weighted by Gasteiger charge is 2.25. The van der Waals surface area contributed by atoms with Gasteiger partial charge in [0.2, 0.25) is 0 Å². The molecule has 9 nitrogen and oxygen atoms in total. The number of hydrogen-bond donors (Lipinski definition) is 0. The van der Waals surface area contributed by atoms with Gasteiger partial charge in [-0.05, 0) is 36.8 Å². The van der Waals surface area contributed by atoms with Crippen molar-refractivity contribution in [1.82, 2.24) is 9.80 Å². The number of benzene rings is 2. The van der Waals surface area contributed by atoms with Crippen LogP contribution in [0.3, 0.4) is 0 Å². The summed E-state index contributed by atoms with van der Waals surface area (Å²) in [5, 5.41) is 0. The topological polar surface area (TPSA) is 94.6 Å². The molecule has 2 amide bonds. The Morgan fingerprint density at radius 3 is 2.00 bits per heavy atom. The summed E-state index contributed by atoms with van der Waals surface area (Å²) in [7, 11) is 0. The van der Waals surface area contributed by atoms with Crippen molar-refractivity contribution in [3.63, 3.8) is 0 Å². The molecular formula is C24H28N2O7. The summed E-state index contributed by atoms with van der Waals surface area (Å²) in [5.74, 6) is 0.215. The van der Waals surface area contributed by atoms with E-state index in [0.717, 1.165) is 5.56 Å². The molecule has 1 aliphatic heterocycles. The predicted octanol–water partition coefficient (Wildman–Crippen LogP) is 2.49. The van der Waals surface area contributed by atoms with Crippen LogP contribution in [0.1, 0.15) is 12.5 Å². The lowest BCUT2D eigenvalue weighted by Gasteiger charge is -2.33. The summed E-state index contributed by atoms with van der Waals surface area (Å²) >= 11 is 0. The highest BCUT2D eigenvalue weighted by Crippen LogP contribution is 2.18. The second-order valence-electron chi connectivity index (χ2n) is 7.26. The van der Waals surface area contributed by atoms with E-state index in [2.05, 4.69) is 0 Å². The van der Waals surface area contributed by atoms with Crippen LogP contribution in [0.5, 0.6) is 11.5 Å². The molecule has 0 N–H and O–H groups in total. The molecule has 1 aliphatic rings. The van der Waals surface area contributed by atoms with Crippen LogP contribution in [0.2, 0.25) is 0 Å². The van der Waals surface area contributed by atoms with Crippen LogP contribution in [0.15, 0.2) is 54.6 Å². The summed E-state index contributed by atoms with van der Waals surface area (Å²) < 4.78 is 21.1. The maximum atomic E-state index is 12.2. The number of hydrogen-bond acceptors (Lipinski definition) is 7. The van der Waals surface area contributed by atoms with Crippen LogP contribution >= 0.6 is 0 Å². The van der Waals surface area contributed by atoms with Crippen LogP contribution in [0.25, 0.3) is 0 Å². The molecule has 0 aromatic heterocycles. The van der Waals surface area contributed by atoms with Gasteiger partial charge in [-0.1, -0.05) is 30.3 Å². The molecule has 33 heavy (non-hydrogen) atoms. The Bertz CT molecular complexity index is 910. The Labute approximate surface area is 192 Å². The molecule has 0 saturated carbocycles. The van der Waals surface area contributed by atoms with E-state index in [4.69, 9.17) is 18.9 Å². The largest absolute Gasteiger partial charge is 0.489 e. The molecule has 0 aliphatic carbocycles. The lowest BCUT2D eigenvalue weighted by molar-refractivity contribution is -0.154. The first kappa shape index (κ1) is 23.9. The SMILES string of the molecule is CCOC(=O)N1CCN(C(=O)COC(=O)COc2ccc(OCc3ccccc3)cc2)CC1. The second kappa shape index (κ2) is 12.3. The van der Waals surface area contributed by atoms with Gasteiger partial charge in [-0.15, -0.1) is 0 Å². The van der Waals surface area contributed by atoms with E-state index < -0.39 is 5.97 Å². The van der Waals surface area contributed by atoms with Gasteiger partial charge in [0.15, 0.2) is 13.2 Å². The minimum atomic E-state index is -0.641. The first-order valence-electron chi connectivity index (χ1n) is 10.8. The van der Waals surface area contributed by atoms with Crippen molar-refractivity contribution in [1.29, 1.82) is 0 Å².